The van der Waals surface area contributed by atoms with E-state index in [9.17, 15) is 59.8 Å². The van der Waals surface area contributed by atoms with E-state index in [0.717, 1.165) is 37.7 Å². The highest BCUT2D eigenvalue weighted by Crippen LogP contribution is 2.34. The summed E-state index contributed by atoms with van der Waals surface area (Å²) in [6.45, 7) is 6.67. The second-order valence-corrected chi connectivity index (χ2v) is 21.8. The highest BCUT2D eigenvalue weighted by atomic mass is 127. The van der Waals surface area contributed by atoms with Crippen molar-refractivity contribution in [2.75, 3.05) is 50.7 Å². The standard InChI is InChI=1S/C28H32N8O8.C16H18N2O4.C12H15IN6O4/c1-2-30-26(39)23-21(37)22(38)27(44-23)35-15-31-20-24(29)32-19(33-25(20)35)5-3-4-16-10-12-34(13-11-16)28(40)43-14-17-6-8-18(9-7-17)36(41)42;1-2-3-13-8-10-17(11-9-13)16(19)22-12-14-4-6-15(7-5-14)18(20)21;1-2-15-10(22)7-5(20)6(21)11(23-7)19-3-16-4-8(14)17-12(13)18-9(4)19/h6-9,15-16,21-23,27,37-38H,2,4,10-14H2,1H3,(H,30,39)(H2,29,32,33);1,4-7,13H,3,8-12H2;3,5-7,11,20-21H,2H2,1H3,(H,15,22)(H2,14,17,18)/t21-,22?,23+,27-;;5-,6?,7+,11-/m1.1/s1. The molecule has 10 rings (SSSR count). The molecule has 10 N–H and O–H groups in total. The molecule has 0 bridgehead atoms. The van der Waals surface area contributed by atoms with Crippen molar-refractivity contribution in [2.45, 2.75) is 115 Å². The quantitative estimate of drug-likeness (QED) is 0.0255. The molecule has 0 aliphatic carbocycles. The molecule has 0 saturated carbocycles. The lowest BCUT2D eigenvalue weighted by molar-refractivity contribution is -0.385. The zero-order chi connectivity index (χ0) is 64.1. The number of amides is 4. The van der Waals surface area contributed by atoms with Gasteiger partial charge in [-0.15, -0.1) is 12.3 Å². The molecule has 32 nitrogen and oxygen atoms in total. The van der Waals surface area contributed by atoms with Crippen LogP contribution in [0.5, 0.6) is 0 Å². The Balaban J connectivity index is 0.000000191. The topological polar surface area (TPSA) is 442 Å². The Morgan fingerprint density at radius 2 is 1.08 bits per heavy atom. The van der Waals surface area contributed by atoms with E-state index in [1.54, 1.807) is 47.9 Å². The van der Waals surface area contributed by atoms with Crippen molar-refractivity contribution in [3.8, 4) is 24.2 Å². The van der Waals surface area contributed by atoms with Gasteiger partial charge in [0.15, 0.2) is 51.4 Å². The highest BCUT2D eigenvalue weighted by Gasteiger charge is 2.49. The summed E-state index contributed by atoms with van der Waals surface area (Å²) in [6.07, 6.45) is 1.65. The van der Waals surface area contributed by atoms with Crippen LogP contribution in [0.25, 0.3) is 22.3 Å². The zero-order valence-electron chi connectivity index (χ0n) is 48.1. The zero-order valence-corrected chi connectivity index (χ0v) is 50.3. The Morgan fingerprint density at radius 3 is 1.49 bits per heavy atom. The van der Waals surface area contributed by atoms with E-state index in [2.05, 4.69) is 58.3 Å². The molecule has 89 heavy (non-hydrogen) atoms. The number of imidazole rings is 2. The lowest BCUT2D eigenvalue weighted by Gasteiger charge is -2.30. The molecule has 33 heteroatoms. The normalized spacial score (nSPS) is 21.7. The number of nitro benzene ring substituents is 2. The van der Waals surface area contributed by atoms with Crippen molar-refractivity contribution >= 4 is 91.9 Å². The van der Waals surface area contributed by atoms with E-state index < -0.39 is 76.8 Å². The summed E-state index contributed by atoms with van der Waals surface area (Å²) in [5, 5.41) is 67.8. The first-order valence-electron chi connectivity index (χ1n) is 28.2. The van der Waals surface area contributed by atoms with Gasteiger partial charge in [-0.05, 0) is 92.7 Å². The number of carbonyl (C=O) groups is 4. The number of ether oxygens (including phenoxy) is 4. The number of nitrogens with one attached hydrogen (secondary N) is 2. The molecule has 6 aromatic rings. The van der Waals surface area contributed by atoms with Gasteiger partial charge >= 0.3 is 12.2 Å². The molecular formula is C56H65IN16O16. The van der Waals surface area contributed by atoms with Crippen molar-refractivity contribution in [2.24, 2.45) is 11.8 Å². The van der Waals surface area contributed by atoms with E-state index in [0.29, 0.717) is 72.2 Å². The molecule has 8 atom stereocenters. The van der Waals surface area contributed by atoms with Crippen LogP contribution in [0.4, 0.5) is 32.6 Å². The van der Waals surface area contributed by atoms with Gasteiger partial charge in [0.2, 0.25) is 5.82 Å². The molecule has 4 saturated heterocycles. The predicted octanol–water partition coefficient (Wildman–Crippen LogP) is 2.60. The number of hydrogen-bond acceptors (Lipinski definition) is 24. The van der Waals surface area contributed by atoms with Gasteiger partial charge in [-0.2, -0.15) is 0 Å². The number of likely N-dealkylation sites (N-methyl/N-ethyl adjacent to an activating group) is 2. The Bertz CT molecular complexity index is 3620. The number of rotatable bonds is 14. The predicted molar refractivity (Wildman–Crippen MR) is 322 cm³/mol. The smallest absolute Gasteiger partial charge is 0.410 e. The number of aromatic nitrogens is 8. The van der Waals surface area contributed by atoms with Crippen LogP contribution in [0, 0.1) is 60.1 Å². The number of nitro groups is 2. The number of likely N-dealkylation sites (tertiary alicyclic amines) is 2. The van der Waals surface area contributed by atoms with Gasteiger partial charge < -0.3 is 71.3 Å². The summed E-state index contributed by atoms with van der Waals surface area (Å²) >= 11 is 1.91. The van der Waals surface area contributed by atoms with Gasteiger partial charge in [0.1, 0.15) is 48.7 Å². The third-order valence-electron chi connectivity index (χ3n) is 14.9. The molecule has 4 aromatic heterocycles. The number of piperidine rings is 2. The van der Waals surface area contributed by atoms with E-state index >= 15 is 0 Å². The number of non-ortho nitro benzene ring substituents is 2. The molecule has 4 aliphatic rings. The third-order valence-corrected chi connectivity index (χ3v) is 15.4. The van der Waals surface area contributed by atoms with Gasteiger partial charge in [0.05, 0.1) is 22.5 Å². The van der Waals surface area contributed by atoms with E-state index in [4.69, 9.17) is 36.8 Å². The summed E-state index contributed by atoms with van der Waals surface area (Å²) in [4.78, 5) is 97.5. The van der Waals surface area contributed by atoms with Gasteiger partial charge in [-0.25, -0.2) is 39.5 Å². The van der Waals surface area contributed by atoms with Crippen LogP contribution in [0.3, 0.4) is 0 Å². The average Bonchev–Trinajstić information content (AvgIpc) is 1.75. The number of carbonyl (C=O) groups excluding carboxylic acids is 4. The SMILES string of the molecule is C#CCC1CCN(C(=O)OCc2ccc([N+](=O)[O-])cc2)CC1.CCNC(=O)[C@H]1O[C@@H](n2cnc3c(N)nc(C#CCC4CCN(C(=O)OCc5ccc([N+](=O)[O-])cc5)CC4)nc32)C(O)[C@H]1O.CCNC(=O)[C@H]1O[C@@H](n2cnc3c(N)nc(I)nc32)C(O)[C@H]1O. The summed E-state index contributed by atoms with van der Waals surface area (Å²) in [7, 11) is 0. The van der Waals surface area contributed by atoms with E-state index in [1.165, 1.54) is 46.1 Å². The Morgan fingerprint density at radius 1 is 0.663 bits per heavy atom. The van der Waals surface area contributed by atoms with Gasteiger partial charge in [0, 0.05) is 99.0 Å². The highest BCUT2D eigenvalue weighted by molar-refractivity contribution is 14.1. The van der Waals surface area contributed by atoms with Crippen LogP contribution in [-0.4, -0.2) is 179 Å². The van der Waals surface area contributed by atoms with Crippen LogP contribution in [0.15, 0.2) is 61.2 Å². The largest absolute Gasteiger partial charge is 0.445 e. The first kappa shape index (κ1) is 66.0. The fraction of sp³-hybridized carbons (Fsp3) is 0.464. The number of hydrogen-bond donors (Lipinski definition) is 8. The van der Waals surface area contributed by atoms with E-state index in [-0.39, 0.29) is 65.2 Å². The van der Waals surface area contributed by atoms with E-state index in [1.807, 2.05) is 22.6 Å². The molecule has 0 spiro atoms. The maximum Gasteiger partial charge on any atom is 0.410 e. The second kappa shape index (κ2) is 30.3. The molecule has 8 heterocycles. The van der Waals surface area contributed by atoms with Crippen LogP contribution < -0.4 is 22.1 Å². The van der Waals surface area contributed by atoms with Crippen LogP contribution in [0.1, 0.15) is 81.8 Å². The summed E-state index contributed by atoms with van der Waals surface area (Å²) in [5.41, 5.74) is 14.5. The number of halogens is 1. The molecule has 4 fully saturated rings. The number of nitrogens with zero attached hydrogens (tertiary/aromatic N) is 12. The van der Waals surface area contributed by atoms with Gasteiger partial charge in [-0.3, -0.25) is 39.0 Å². The Labute approximate surface area is 521 Å². The lowest BCUT2D eigenvalue weighted by atomic mass is 9.94. The fourth-order valence-corrected chi connectivity index (χ4v) is 10.5. The molecule has 4 aliphatic heterocycles. The number of fused-ring (bicyclic) bond motifs is 2. The average molecular weight is 1350 g/mol. The number of anilines is 2. The molecular weight excluding hydrogens is 1280 g/mol. The molecule has 472 valence electrons. The minimum Gasteiger partial charge on any atom is -0.445 e. The van der Waals surface area contributed by atoms with Crippen molar-refractivity contribution in [3.05, 3.63) is 102 Å². The molecule has 2 unspecified atom stereocenters. The van der Waals surface area contributed by atoms with Crippen molar-refractivity contribution in [1.82, 2.24) is 59.5 Å². The molecule has 2 aromatic carbocycles. The monoisotopic (exact) mass is 1340 g/mol. The summed E-state index contributed by atoms with van der Waals surface area (Å²) in [6, 6.07) is 11.8. The van der Waals surface area contributed by atoms with Crippen molar-refractivity contribution in [1.29, 1.82) is 0 Å². The maximum atomic E-state index is 12.5. The maximum absolute atomic E-state index is 12.5. The van der Waals surface area contributed by atoms with Gasteiger partial charge in [0.25, 0.3) is 23.2 Å². The van der Waals surface area contributed by atoms with Gasteiger partial charge in [-0.1, -0.05) is 5.92 Å². The summed E-state index contributed by atoms with van der Waals surface area (Å²) < 4.78 is 25.1. The number of nitrogens with two attached hydrogens (primary N) is 2. The van der Waals surface area contributed by atoms with Crippen molar-refractivity contribution < 1.29 is 68.4 Å². The number of aliphatic hydroxyl groups is 4. The number of aliphatic hydroxyl groups excluding tert-OH is 4. The molecule has 4 amide bonds. The number of terminal acetylenes is 1. The minimum absolute atomic E-state index is 0.0191. The second-order valence-electron chi connectivity index (χ2n) is 20.8. The summed E-state index contributed by atoms with van der Waals surface area (Å²) in [5.74, 6) is 8.77. The van der Waals surface area contributed by atoms with Crippen LogP contribution in [-0.2, 0) is 41.8 Å². The lowest BCUT2D eigenvalue weighted by Crippen LogP contribution is -2.42. The first-order chi connectivity index (χ1) is 42.7. The first-order valence-corrected chi connectivity index (χ1v) is 29.2. The van der Waals surface area contributed by atoms with Crippen molar-refractivity contribution in [3.63, 3.8) is 0 Å². The Hall–Kier alpha value is -8.97. The number of benzene rings is 2. The minimum atomic E-state index is -1.45. The van der Waals surface area contributed by atoms with Crippen LogP contribution >= 0.6 is 22.6 Å². The fourth-order valence-electron chi connectivity index (χ4n) is 10.0. The van der Waals surface area contributed by atoms with Crippen LogP contribution in [0.2, 0.25) is 0 Å². The third kappa shape index (κ3) is 16.2. The Kier molecular flexibility index (Phi) is 22.5. The number of nitrogen functional groups attached to an aromatic ring is 2. The molecule has 0 radical (unpaired) electrons.